The molecule has 18 nitrogen and oxygen atoms in total. The molecule has 0 bridgehead atoms. The lowest BCUT2D eigenvalue weighted by Gasteiger charge is -2.31. The van der Waals surface area contributed by atoms with E-state index in [4.69, 9.17) is 22.3 Å². The van der Waals surface area contributed by atoms with Crippen LogP contribution in [0.3, 0.4) is 0 Å². The summed E-state index contributed by atoms with van der Waals surface area (Å²) in [7, 11) is 0. The molecule has 0 spiro atoms. The largest absolute Gasteiger partial charge is 0.461 e. The van der Waals surface area contributed by atoms with Crippen molar-refractivity contribution in [1.29, 1.82) is 0 Å². The number of anilines is 1. The first-order chi connectivity index (χ1) is 31.4. The minimum absolute atomic E-state index is 1.87. The molecular formula is C33H10F16N10O8. The average Bonchev–Trinajstić information content (AvgIpc) is 3.29. The van der Waals surface area contributed by atoms with Gasteiger partial charge in [0.25, 0.3) is 0 Å². The number of halogens is 16. The van der Waals surface area contributed by atoms with E-state index in [0.717, 1.165) is 0 Å². The maximum absolute atomic E-state index is 14.9. The number of nitrogen functional groups attached to an aromatic ring is 1. The second-order valence-electron chi connectivity index (χ2n) is 12.4. The Bertz CT molecular complexity index is 2620. The number of ether oxygens (including phenoxy) is 4. The highest BCUT2D eigenvalue weighted by Crippen LogP contribution is 2.36. The molecule has 0 aromatic heterocycles. The summed E-state index contributed by atoms with van der Waals surface area (Å²) in [5.41, 5.74) is 8.96. The highest BCUT2D eigenvalue weighted by molar-refractivity contribution is 5.93. The lowest BCUT2D eigenvalue weighted by atomic mass is 9.91. The Morgan fingerprint density at radius 3 is 0.731 bits per heavy atom. The van der Waals surface area contributed by atoms with Gasteiger partial charge in [0.05, 0.1) is 0 Å². The van der Waals surface area contributed by atoms with Crippen molar-refractivity contribution in [3.05, 3.63) is 147 Å². The van der Waals surface area contributed by atoms with E-state index < -0.39 is 194 Å². The fraction of sp³-hybridized carbons (Fsp3) is 0.152. The van der Waals surface area contributed by atoms with E-state index in [9.17, 15) is 89.4 Å². The molecule has 4 aromatic rings. The molecule has 352 valence electrons. The van der Waals surface area contributed by atoms with Gasteiger partial charge < -0.3 is 24.7 Å². The Hall–Kier alpha value is -8.63. The zero-order valence-electron chi connectivity index (χ0n) is 31.2. The first kappa shape index (κ1) is 51.0. The predicted molar refractivity (Wildman–Crippen MR) is 179 cm³/mol. The van der Waals surface area contributed by atoms with Crippen molar-refractivity contribution in [2.75, 3.05) is 32.2 Å². The van der Waals surface area contributed by atoms with Gasteiger partial charge in [0.1, 0.15) is 76.8 Å². The van der Waals surface area contributed by atoms with E-state index in [1.54, 1.807) is 0 Å². The molecule has 0 saturated heterocycles. The second kappa shape index (κ2) is 20.0. The number of nitrogens with zero attached hydrogens (tertiary/aromatic N) is 9. The lowest BCUT2D eigenvalue weighted by Crippen LogP contribution is -2.44. The van der Waals surface area contributed by atoms with Gasteiger partial charge in [0, 0.05) is 14.7 Å². The molecule has 0 radical (unpaired) electrons. The number of carbonyl (C=O) groups is 4. The molecule has 0 saturated carbocycles. The van der Waals surface area contributed by atoms with E-state index in [0.29, 0.717) is 0 Å². The van der Waals surface area contributed by atoms with Crippen LogP contribution in [-0.4, -0.2) is 50.3 Å². The number of hydrogen-bond donors (Lipinski definition) is 1. The van der Waals surface area contributed by atoms with Crippen LogP contribution < -0.4 is 5.73 Å². The van der Waals surface area contributed by atoms with Gasteiger partial charge in [-0.25, -0.2) is 89.4 Å². The molecule has 0 atom stereocenters. The number of hydrogen-bond acceptors (Lipinski definition) is 12. The standard InChI is InChI=1S/C33H10F16N10O8/c34-9-5(10(35)18(43)25(50)17(9)42)29(60)64-1-33(2-65-30(61)6-11(36)19(44)26(54-57-51)20(45)12(6)37,3-66-31(62)7-13(38)21(46)27(55-58-52)22(47)14(7)39)4-67-32(63)8-15(40)23(48)28(56-59-53)24(49)16(8)41/h1-4,50H2. The first-order valence-corrected chi connectivity index (χ1v) is 16.4. The summed E-state index contributed by atoms with van der Waals surface area (Å²) >= 11 is 0. The molecule has 4 aromatic carbocycles. The zero-order valence-corrected chi connectivity index (χ0v) is 31.2. The maximum atomic E-state index is 14.9. The Labute approximate surface area is 354 Å². The van der Waals surface area contributed by atoms with Gasteiger partial charge in [-0.1, -0.05) is 15.3 Å². The van der Waals surface area contributed by atoms with Gasteiger partial charge in [-0.15, -0.1) is 0 Å². The van der Waals surface area contributed by atoms with Gasteiger partial charge in [0.15, 0.2) is 93.1 Å². The van der Waals surface area contributed by atoms with E-state index >= 15 is 0 Å². The number of azide groups is 3. The van der Waals surface area contributed by atoms with Crippen molar-refractivity contribution < 1.29 is 108 Å². The molecule has 0 aliphatic heterocycles. The van der Waals surface area contributed by atoms with E-state index in [-0.39, 0.29) is 0 Å². The third kappa shape index (κ3) is 9.46. The molecule has 2 N–H and O–H groups in total. The number of esters is 4. The third-order valence-electron chi connectivity index (χ3n) is 8.31. The summed E-state index contributed by atoms with van der Waals surface area (Å²) in [5, 5.41) is 6.95. The van der Waals surface area contributed by atoms with Crippen molar-refractivity contribution in [3.63, 3.8) is 0 Å². The molecule has 0 heterocycles. The summed E-state index contributed by atoms with van der Waals surface area (Å²) in [6, 6.07) is 0. The van der Waals surface area contributed by atoms with Crippen LogP contribution in [0.15, 0.2) is 15.3 Å². The lowest BCUT2D eigenvalue weighted by molar-refractivity contribution is -0.0649. The Morgan fingerprint density at radius 2 is 0.552 bits per heavy atom. The molecule has 0 aliphatic carbocycles. The van der Waals surface area contributed by atoms with E-state index in [1.807, 2.05) is 14.7 Å². The van der Waals surface area contributed by atoms with Crippen LogP contribution in [0.25, 0.3) is 31.3 Å². The Morgan fingerprint density at radius 1 is 0.373 bits per heavy atom. The third-order valence-corrected chi connectivity index (χ3v) is 8.31. The smallest absolute Gasteiger partial charge is 0.344 e. The van der Waals surface area contributed by atoms with Crippen LogP contribution in [0.2, 0.25) is 0 Å². The molecule has 4 rings (SSSR count). The number of carbonyl (C=O) groups excluding carboxylic acids is 4. The molecule has 0 aliphatic rings. The second-order valence-corrected chi connectivity index (χ2v) is 12.4. The SMILES string of the molecule is [N-]=[N+]=Nc1c(F)c(F)c(C(=O)OCC(COC(=O)c2c(F)c(F)c(N)c(F)c2F)(COC(=O)c2c(F)c(F)c(N=[N+]=[N-])c(F)c2F)COC(=O)c2c(F)c(F)c(N=[N+]=[N-])c(F)c2F)c(F)c1F. The highest BCUT2D eigenvalue weighted by atomic mass is 19.2. The van der Waals surface area contributed by atoms with Crippen LogP contribution in [-0.2, 0) is 18.9 Å². The zero-order chi connectivity index (χ0) is 50.6. The average molecular weight is 978 g/mol. The van der Waals surface area contributed by atoms with Crippen LogP contribution in [0.1, 0.15) is 41.4 Å². The minimum atomic E-state index is -3.49. The molecular weight excluding hydrogens is 968 g/mol. The number of rotatable bonds is 15. The Kier molecular flexibility index (Phi) is 15.3. The fourth-order valence-electron chi connectivity index (χ4n) is 5.04. The molecule has 34 heteroatoms. The first-order valence-electron chi connectivity index (χ1n) is 16.4. The normalized spacial score (nSPS) is 11.6. The van der Waals surface area contributed by atoms with Crippen molar-refractivity contribution in [1.82, 2.24) is 0 Å². The summed E-state index contributed by atoms with van der Waals surface area (Å²) in [5.74, 6) is -53.2. The van der Waals surface area contributed by atoms with Gasteiger partial charge in [-0.2, -0.15) is 0 Å². The predicted octanol–water partition coefficient (Wildman–Crippen LogP) is 10.0. The minimum Gasteiger partial charge on any atom is -0.461 e. The fourth-order valence-corrected chi connectivity index (χ4v) is 5.04. The number of nitrogens with two attached hydrogens (primary N) is 1. The molecule has 67 heavy (non-hydrogen) atoms. The maximum Gasteiger partial charge on any atom is 0.344 e. The van der Waals surface area contributed by atoms with E-state index in [1.165, 1.54) is 0 Å². The van der Waals surface area contributed by atoms with E-state index in [2.05, 4.69) is 34.3 Å². The van der Waals surface area contributed by atoms with Crippen molar-refractivity contribution in [2.24, 2.45) is 20.8 Å². The summed E-state index contributed by atoms with van der Waals surface area (Å²) < 4.78 is 252. The van der Waals surface area contributed by atoms with Crippen LogP contribution in [0.4, 0.5) is 93.0 Å². The summed E-state index contributed by atoms with van der Waals surface area (Å²) in [6.45, 7) is -8.75. The quantitative estimate of drug-likeness (QED) is 0.0173. The Balaban J connectivity index is 1.94. The van der Waals surface area contributed by atoms with Crippen LogP contribution >= 0.6 is 0 Å². The highest BCUT2D eigenvalue weighted by Gasteiger charge is 2.43. The molecule has 0 unspecified atom stereocenters. The molecule has 0 amide bonds. The van der Waals surface area contributed by atoms with Gasteiger partial charge >= 0.3 is 23.9 Å². The topological polar surface area (TPSA) is 278 Å². The van der Waals surface area contributed by atoms with Gasteiger partial charge in [-0.3, -0.25) is 0 Å². The monoisotopic (exact) mass is 978 g/mol. The van der Waals surface area contributed by atoms with Crippen LogP contribution in [0.5, 0.6) is 0 Å². The van der Waals surface area contributed by atoms with Crippen molar-refractivity contribution in [3.8, 4) is 0 Å². The molecule has 0 fully saturated rings. The summed E-state index contributed by atoms with van der Waals surface area (Å²) in [4.78, 5) is 57.5. The van der Waals surface area contributed by atoms with Gasteiger partial charge in [0.2, 0.25) is 0 Å². The van der Waals surface area contributed by atoms with Crippen molar-refractivity contribution >= 4 is 46.6 Å². The van der Waals surface area contributed by atoms with Crippen LogP contribution in [0, 0.1) is 98.5 Å². The van der Waals surface area contributed by atoms with Crippen molar-refractivity contribution in [2.45, 2.75) is 0 Å². The number of benzene rings is 4. The van der Waals surface area contributed by atoms with Gasteiger partial charge in [-0.05, 0) is 16.6 Å². The summed E-state index contributed by atoms with van der Waals surface area (Å²) in [6.07, 6.45) is 0.